The number of rotatable bonds is 0. The van der Waals surface area contributed by atoms with Crippen LogP contribution in [0.5, 0.6) is 0 Å². The highest BCUT2D eigenvalue weighted by molar-refractivity contribution is 7.06. The second kappa shape index (κ2) is 6.21. The van der Waals surface area contributed by atoms with Crippen LogP contribution in [0.2, 0.25) is 0 Å². The highest BCUT2D eigenvalue weighted by Gasteiger charge is 2.13. The Kier molecular flexibility index (Phi) is 4.30. The van der Waals surface area contributed by atoms with E-state index >= 15 is 0 Å². The van der Waals surface area contributed by atoms with Crippen molar-refractivity contribution in [2.45, 2.75) is 51.9 Å². The van der Waals surface area contributed by atoms with Crippen molar-refractivity contribution in [3.63, 3.8) is 0 Å². The van der Waals surface area contributed by atoms with Gasteiger partial charge in [-0.25, -0.2) is 18.7 Å². The molecule has 2 aromatic heterocycles. The van der Waals surface area contributed by atoms with Crippen LogP contribution in [0.1, 0.15) is 25.7 Å². The maximum absolute atomic E-state index is 11.0. The van der Waals surface area contributed by atoms with Gasteiger partial charge in [0.15, 0.2) is 0 Å². The van der Waals surface area contributed by atoms with Crippen molar-refractivity contribution in [3.05, 3.63) is 38.7 Å². The van der Waals surface area contributed by atoms with Crippen LogP contribution in [0.15, 0.2) is 19.2 Å². The Hall–Kier alpha value is -1.68. The first-order valence-corrected chi connectivity index (χ1v) is 8.83. The lowest BCUT2D eigenvalue weighted by Gasteiger charge is -2.14. The van der Waals surface area contributed by atoms with Gasteiger partial charge in [-0.15, -0.1) is 0 Å². The van der Waals surface area contributed by atoms with Gasteiger partial charge in [-0.05, 0) is 48.4 Å². The van der Waals surface area contributed by atoms with E-state index in [4.69, 9.17) is 0 Å². The minimum Gasteiger partial charge on any atom is -0.255 e. The van der Waals surface area contributed by atoms with Gasteiger partial charge in [0.25, 0.3) is 0 Å². The average Bonchev–Trinajstić information content (AvgIpc) is 2.99. The normalized spacial score (nSPS) is 16.4. The lowest BCUT2D eigenvalue weighted by atomic mass is 10.3. The molecule has 0 radical (unpaired) electrons. The second-order valence-electron chi connectivity index (χ2n) is 5.17. The second-order valence-corrected chi connectivity index (χ2v) is 6.98. The van der Waals surface area contributed by atoms with Crippen molar-refractivity contribution >= 4 is 22.7 Å². The molecule has 4 heterocycles. The van der Waals surface area contributed by atoms with Crippen LogP contribution in [0.3, 0.4) is 0 Å². The molecule has 0 amide bonds. The van der Waals surface area contributed by atoms with E-state index in [9.17, 15) is 19.2 Å². The molecule has 4 rings (SSSR count). The van der Waals surface area contributed by atoms with E-state index in [2.05, 4.69) is 0 Å². The smallest absolute Gasteiger partial charge is 0.255 e. The molecule has 0 aromatic carbocycles. The van der Waals surface area contributed by atoms with Crippen molar-refractivity contribution in [2.75, 3.05) is 0 Å². The summed E-state index contributed by atoms with van der Waals surface area (Å²) in [6, 6.07) is 0. The minimum atomic E-state index is -0.116. The summed E-state index contributed by atoms with van der Waals surface area (Å²) in [6.07, 6.45) is 4.04. The Morgan fingerprint density at radius 3 is 0.955 bits per heavy atom. The summed E-state index contributed by atoms with van der Waals surface area (Å²) in [7, 11) is 0. The van der Waals surface area contributed by atoms with Crippen LogP contribution in [-0.2, 0) is 26.2 Å². The molecular formula is C12H16N4O4S2. The lowest BCUT2D eigenvalue weighted by Crippen LogP contribution is -2.30. The minimum absolute atomic E-state index is 0.116. The largest absolute Gasteiger partial charge is 0.326 e. The number of hydrogen-bond acceptors (Lipinski definition) is 6. The summed E-state index contributed by atoms with van der Waals surface area (Å²) in [5.41, 5.74) is 0. The number of nitrogens with zero attached hydrogens (tertiary/aromatic N) is 4. The standard InChI is InChI=1S/2C6H8N2O2S/c2*9-5-7-3-1-2-4-8(7)6(10)11-5/h2*1-4H2. The maximum atomic E-state index is 11.0. The summed E-state index contributed by atoms with van der Waals surface area (Å²) < 4.78 is 6.15. The van der Waals surface area contributed by atoms with Gasteiger partial charge in [-0.3, -0.25) is 19.2 Å². The Bertz CT molecular complexity index is 751. The van der Waals surface area contributed by atoms with Gasteiger partial charge in [-0.2, -0.15) is 0 Å². The fraction of sp³-hybridized carbons (Fsp3) is 0.667. The zero-order chi connectivity index (χ0) is 15.7. The summed E-state index contributed by atoms with van der Waals surface area (Å²) in [5, 5.41) is 0. The number of aromatic nitrogens is 4. The zero-order valence-corrected chi connectivity index (χ0v) is 13.5. The molecule has 0 bridgehead atoms. The Labute approximate surface area is 132 Å². The Morgan fingerprint density at radius 2 is 0.727 bits per heavy atom. The van der Waals surface area contributed by atoms with E-state index in [1.54, 1.807) is 0 Å². The zero-order valence-electron chi connectivity index (χ0n) is 11.9. The van der Waals surface area contributed by atoms with Gasteiger partial charge in [0.2, 0.25) is 0 Å². The fourth-order valence-electron chi connectivity index (χ4n) is 2.65. The quantitative estimate of drug-likeness (QED) is 0.658. The molecular weight excluding hydrogens is 328 g/mol. The fourth-order valence-corrected chi connectivity index (χ4v) is 4.13. The molecule has 2 aromatic rings. The van der Waals surface area contributed by atoms with E-state index < -0.39 is 0 Å². The monoisotopic (exact) mass is 344 g/mol. The average molecular weight is 344 g/mol. The summed E-state index contributed by atoms with van der Waals surface area (Å²) >= 11 is 1.60. The predicted octanol–water partition coefficient (Wildman–Crippen LogP) is -0.269. The van der Waals surface area contributed by atoms with Gasteiger partial charge in [0, 0.05) is 26.2 Å². The molecule has 10 heteroatoms. The van der Waals surface area contributed by atoms with Gasteiger partial charge < -0.3 is 0 Å². The molecule has 2 aliphatic heterocycles. The van der Waals surface area contributed by atoms with Crippen LogP contribution in [0.25, 0.3) is 0 Å². The first-order chi connectivity index (χ1) is 10.6. The summed E-state index contributed by atoms with van der Waals surface area (Å²) in [5.74, 6) is 0. The molecule has 0 saturated carbocycles. The highest BCUT2D eigenvalue weighted by Crippen LogP contribution is 2.03. The third kappa shape index (κ3) is 2.80. The van der Waals surface area contributed by atoms with Crippen molar-refractivity contribution in [2.24, 2.45) is 0 Å². The SMILES string of the molecule is O=c1sc(=O)n2n1CCCC2.O=c1sc(=O)n2n1CCCC2. The molecule has 22 heavy (non-hydrogen) atoms. The molecule has 2 aliphatic rings. The molecule has 0 spiro atoms. The van der Waals surface area contributed by atoms with E-state index in [0.29, 0.717) is 26.2 Å². The summed E-state index contributed by atoms with van der Waals surface area (Å²) in [4.78, 5) is 43.7. The Balaban J connectivity index is 0.000000131. The van der Waals surface area contributed by atoms with Crippen LogP contribution in [0, 0.1) is 0 Å². The van der Waals surface area contributed by atoms with Gasteiger partial charge in [0.05, 0.1) is 0 Å². The Morgan fingerprint density at radius 1 is 0.500 bits per heavy atom. The molecule has 120 valence electrons. The van der Waals surface area contributed by atoms with Crippen molar-refractivity contribution in [1.29, 1.82) is 0 Å². The van der Waals surface area contributed by atoms with Crippen molar-refractivity contribution in [3.8, 4) is 0 Å². The van der Waals surface area contributed by atoms with E-state index in [0.717, 1.165) is 48.4 Å². The number of fused-ring (bicyclic) bond motifs is 2. The van der Waals surface area contributed by atoms with Crippen molar-refractivity contribution < 1.29 is 0 Å². The maximum Gasteiger partial charge on any atom is 0.326 e. The van der Waals surface area contributed by atoms with Crippen molar-refractivity contribution in [1.82, 2.24) is 18.7 Å². The molecule has 0 aliphatic carbocycles. The van der Waals surface area contributed by atoms with E-state index in [1.165, 1.54) is 18.7 Å². The van der Waals surface area contributed by atoms with Crippen LogP contribution in [-0.4, -0.2) is 18.7 Å². The first-order valence-electron chi connectivity index (χ1n) is 7.19. The third-order valence-corrected chi connectivity index (χ3v) is 5.30. The van der Waals surface area contributed by atoms with Gasteiger partial charge >= 0.3 is 19.5 Å². The predicted molar refractivity (Wildman–Crippen MR) is 84.1 cm³/mol. The molecule has 0 N–H and O–H groups in total. The molecule has 0 unspecified atom stereocenters. The number of hydrogen-bond donors (Lipinski definition) is 0. The molecule has 0 atom stereocenters. The van der Waals surface area contributed by atoms with E-state index in [-0.39, 0.29) is 19.5 Å². The van der Waals surface area contributed by atoms with Crippen LogP contribution >= 0.6 is 22.7 Å². The van der Waals surface area contributed by atoms with Gasteiger partial charge in [-0.1, -0.05) is 0 Å². The third-order valence-electron chi connectivity index (χ3n) is 3.75. The van der Waals surface area contributed by atoms with Crippen LogP contribution in [0.4, 0.5) is 0 Å². The lowest BCUT2D eigenvalue weighted by molar-refractivity contribution is 0.348. The summed E-state index contributed by atoms with van der Waals surface area (Å²) in [6.45, 7) is 2.82. The molecule has 8 nitrogen and oxygen atoms in total. The topological polar surface area (TPSA) is 88.0 Å². The molecule has 0 fully saturated rings. The first kappa shape index (κ1) is 15.2. The molecule has 0 saturated heterocycles. The van der Waals surface area contributed by atoms with E-state index in [1.807, 2.05) is 0 Å². The van der Waals surface area contributed by atoms with Crippen LogP contribution < -0.4 is 19.5 Å². The van der Waals surface area contributed by atoms with Gasteiger partial charge in [0.1, 0.15) is 0 Å². The highest BCUT2D eigenvalue weighted by atomic mass is 32.1.